The number of hydrogen-bond acceptors (Lipinski definition) is 7. The van der Waals surface area contributed by atoms with Gasteiger partial charge in [0.2, 0.25) is 0 Å². The fourth-order valence-corrected chi connectivity index (χ4v) is 3.33. The van der Waals surface area contributed by atoms with Gasteiger partial charge in [-0.25, -0.2) is 9.59 Å². The summed E-state index contributed by atoms with van der Waals surface area (Å²) in [6, 6.07) is 21.1. The number of rotatable bonds is 13. The van der Waals surface area contributed by atoms with Crippen LogP contribution in [-0.4, -0.2) is 45.5 Å². The first kappa shape index (κ1) is 28.2. The molecule has 3 aromatic rings. The quantitative estimate of drug-likeness (QED) is 0.119. The zero-order chi connectivity index (χ0) is 27.5. The molecule has 0 unspecified atom stereocenters. The summed E-state index contributed by atoms with van der Waals surface area (Å²) in [5, 5.41) is 0. The number of carbonyl (C=O) groups is 2. The van der Waals surface area contributed by atoms with Crippen LogP contribution in [0.1, 0.15) is 13.8 Å². The Morgan fingerprint density at radius 1 is 0.632 bits per heavy atom. The highest BCUT2D eigenvalue weighted by Crippen LogP contribution is 2.34. The number of ether oxygens (including phenoxy) is 5. The van der Waals surface area contributed by atoms with E-state index >= 15 is 0 Å². The standard InChI is InChI=1S/C31H32O7/c1-21(2)30(32)37-19-18-35-28-15-12-26(20-29(28)36-17-16-34-5)25-8-6-23(7-9-25)24-10-13-27(14-11-24)38-31(33)22(3)4/h6-15,20H,1,3,16-19H2,2,4-5H3. The molecule has 0 bridgehead atoms. The SMILES string of the molecule is C=C(C)C(=O)OCCOc1ccc(-c2ccc(-c3ccc(OC(=O)C(=C)C)cc3)cc2)cc1OCCOC. The van der Waals surface area contributed by atoms with Crippen LogP contribution >= 0.6 is 0 Å². The molecule has 0 spiro atoms. The Kier molecular flexibility index (Phi) is 10.3. The van der Waals surface area contributed by atoms with Crippen LogP contribution in [0.4, 0.5) is 0 Å². The summed E-state index contributed by atoms with van der Waals surface area (Å²) in [5.41, 5.74) is 4.65. The molecule has 3 aromatic carbocycles. The molecule has 0 aliphatic rings. The summed E-state index contributed by atoms with van der Waals surface area (Å²) in [4.78, 5) is 23.3. The molecular weight excluding hydrogens is 484 g/mol. The monoisotopic (exact) mass is 516 g/mol. The van der Waals surface area contributed by atoms with E-state index in [0.717, 1.165) is 22.3 Å². The molecule has 0 aliphatic carbocycles. The van der Waals surface area contributed by atoms with Gasteiger partial charge < -0.3 is 23.7 Å². The minimum atomic E-state index is -0.453. The third kappa shape index (κ3) is 8.08. The highest BCUT2D eigenvalue weighted by Gasteiger charge is 2.11. The molecule has 0 radical (unpaired) electrons. The Morgan fingerprint density at radius 2 is 1.13 bits per heavy atom. The molecule has 0 heterocycles. The van der Waals surface area contributed by atoms with E-state index in [4.69, 9.17) is 23.7 Å². The van der Waals surface area contributed by atoms with E-state index in [2.05, 4.69) is 13.2 Å². The molecule has 0 aliphatic heterocycles. The Labute approximate surface area is 223 Å². The van der Waals surface area contributed by atoms with Gasteiger partial charge in [0.15, 0.2) is 11.5 Å². The molecule has 0 amide bonds. The van der Waals surface area contributed by atoms with Crippen molar-refractivity contribution in [3.8, 4) is 39.5 Å². The van der Waals surface area contributed by atoms with Crippen LogP contribution in [0.5, 0.6) is 17.2 Å². The molecule has 38 heavy (non-hydrogen) atoms. The molecule has 0 N–H and O–H groups in total. The van der Waals surface area contributed by atoms with Crippen LogP contribution in [0.25, 0.3) is 22.3 Å². The summed E-state index contributed by atoms with van der Waals surface area (Å²) < 4.78 is 27.1. The zero-order valence-electron chi connectivity index (χ0n) is 22.0. The van der Waals surface area contributed by atoms with E-state index in [1.807, 2.05) is 54.6 Å². The summed E-state index contributed by atoms with van der Waals surface area (Å²) in [5.74, 6) is 0.673. The van der Waals surface area contributed by atoms with Gasteiger partial charge in [0.1, 0.15) is 25.6 Å². The van der Waals surface area contributed by atoms with E-state index in [1.165, 1.54) is 0 Å². The van der Waals surface area contributed by atoms with E-state index < -0.39 is 11.9 Å². The van der Waals surface area contributed by atoms with Crippen molar-refractivity contribution in [1.29, 1.82) is 0 Å². The highest BCUT2D eigenvalue weighted by atomic mass is 16.6. The number of benzene rings is 3. The Morgan fingerprint density at radius 3 is 1.71 bits per heavy atom. The lowest BCUT2D eigenvalue weighted by atomic mass is 10.00. The first-order valence-electron chi connectivity index (χ1n) is 12.1. The first-order valence-corrected chi connectivity index (χ1v) is 12.1. The van der Waals surface area contributed by atoms with Crippen LogP contribution in [0, 0.1) is 0 Å². The maximum Gasteiger partial charge on any atom is 0.338 e. The topological polar surface area (TPSA) is 80.3 Å². The number of carbonyl (C=O) groups excluding carboxylic acids is 2. The fourth-order valence-electron chi connectivity index (χ4n) is 3.33. The largest absolute Gasteiger partial charge is 0.487 e. The van der Waals surface area contributed by atoms with E-state index in [0.29, 0.717) is 41.6 Å². The maximum absolute atomic E-state index is 11.7. The van der Waals surface area contributed by atoms with Gasteiger partial charge >= 0.3 is 11.9 Å². The van der Waals surface area contributed by atoms with Crippen LogP contribution in [0.15, 0.2) is 91.0 Å². The minimum absolute atomic E-state index is 0.101. The van der Waals surface area contributed by atoms with Crippen molar-refractivity contribution >= 4 is 11.9 Å². The number of methoxy groups -OCH3 is 1. The molecule has 0 atom stereocenters. The average Bonchev–Trinajstić information content (AvgIpc) is 2.92. The van der Waals surface area contributed by atoms with Crippen LogP contribution < -0.4 is 14.2 Å². The van der Waals surface area contributed by atoms with Gasteiger partial charge in [-0.15, -0.1) is 0 Å². The number of hydrogen-bond donors (Lipinski definition) is 0. The summed E-state index contributed by atoms with van der Waals surface area (Å²) in [7, 11) is 1.61. The van der Waals surface area contributed by atoms with Crippen LogP contribution in [0.3, 0.4) is 0 Å². The van der Waals surface area contributed by atoms with Gasteiger partial charge in [-0.3, -0.25) is 0 Å². The van der Waals surface area contributed by atoms with Crippen molar-refractivity contribution in [3.63, 3.8) is 0 Å². The molecule has 3 rings (SSSR count). The third-order valence-corrected chi connectivity index (χ3v) is 5.38. The molecule has 0 fully saturated rings. The molecule has 0 saturated carbocycles. The smallest absolute Gasteiger partial charge is 0.338 e. The van der Waals surface area contributed by atoms with Gasteiger partial charge in [-0.2, -0.15) is 0 Å². The molecule has 7 nitrogen and oxygen atoms in total. The van der Waals surface area contributed by atoms with Gasteiger partial charge in [-0.05, 0) is 60.4 Å². The van der Waals surface area contributed by atoms with Crippen LogP contribution in [-0.2, 0) is 19.1 Å². The van der Waals surface area contributed by atoms with E-state index in [-0.39, 0.29) is 13.2 Å². The Hall–Kier alpha value is -4.36. The van der Waals surface area contributed by atoms with Crippen molar-refractivity contribution in [3.05, 3.63) is 91.0 Å². The molecule has 7 heteroatoms. The highest BCUT2D eigenvalue weighted by molar-refractivity contribution is 5.89. The van der Waals surface area contributed by atoms with Gasteiger partial charge in [0.05, 0.1) is 6.61 Å². The van der Waals surface area contributed by atoms with E-state index in [1.54, 1.807) is 33.1 Å². The molecule has 0 saturated heterocycles. The fraction of sp³-hybridized carbons (Fsp3) is 0.226. The van der Waals surface area contributed by atoms with Gasteiger partial charge in [0, 0.05) is 18.3 Å². The average molecular weight is 517 g/mol. The van der Waals surface area contributed by atoms with Gasteiger partial charge in [-0.1, -0.05) is 55.6 Å². The van der Waals surface area contributed by atoms with Crippen molar-refractivity contribution < 1.29 is 33.3 Å². The van der Waals surface area contributed by atoms with Crippen molar-refractivity contribution in [2.45, 2.75) is 13.8 Å². The van der Waals surface area contributed by atoms with Crippen LogP contribution in [0.2, 0.25) is 0 Å². The van der Waals surface area contributed by atoms with Gasteiger partial charge in [0.25, 0.3) is 0 Å². The Balaban J connectivity index is 1.71. The second-order valence-corrected chi connectivity index (χ2v) is 8.54. The lowest BCUT2D eigenvalue weighted by Gasteiger charge is -2.15. The zero-order valence-corrected chi connectivity index (χ0v) is 22.0. The molecule has 0 aromatic heterocycles. The lowest BCUT2D eigenvalue weighted by Crippen LogP contribution is -2.13. The maximum atomic E-state index is 11.7. The van der Waals surface area contributed by atoms with Crippen molar-refractivity contribution in [2.24, 2.45) is 0 Å². The van der Waals surface area contributed by atoms with Crippen molar-refractivity contribution in [2.75, 3.05) is 33.5 Å². The summed E-state index contributed by atoms with van der Waals surface area (Å²) in [6.45, 7) is 11.4. The first-order chi connectivity index (χ1) is 18.3. The van der Waals surface area contributed by atoms with Crippen molar-refractivity contribution in [1.82, 2.24) is 0 Å². The molecule has 198 valence electrons. The lowest BCUT2D eigenvalue weighted by molar-refractivity contribution is -0.139. The second-order valence-electron chi connectivity index (χ2n) is 8.54. The summed E-state index contributed by atoms with van der Waals surface area (Å²) >= 11 is 0. The normalized spacial score (nSPS) is 10.4. The van der Waals surface area contributed by atoms with E-state index in [9.17, 15) is 9.59 Å². The third-order valence-electron chi connectivity index (χ3n) is 5.38. The predicted octanol–water partition coefficient (Wildman–Crippen LogP) is 6.03. The predicted molar refractivity (Wildman–Crippen MR) is 146 cm³/mol. The minimum Gasteiger partial charge on any atom is -0.487 e. The second kappa shape index (κ2) is 13.8. The Bertz CT molecular complexity index is 1270. The number of esters is 2. The molecular formula is C31H32O7. The summed E-state index contributed by atoms with van der Waals surface area (Å²) in [6.07, 6.45) is 0.